The third-order valence-corrected chi connectivity index (χ3v) is 5.88. The lowest BCUT2D eigenvalue weighted by atomic mass is 9.92. The fraction of sp³-hybridized carbons (Fsp3) is 0.650. The van der Waals surface area contributed by atoms with Gasteiger partial charge in [-0.2, -0.15) is 0 Å². The number of aryl methyl sites for hydroxylation is 1. The Morgan fingerprint density at radius 2 is 1.79 bits per heavy atom. The summed E-state index contributed by atoms with van der Waals surface area (Å²) in [6.07, 6.45) is -7.18. The topological polar surface area (TPSA) is 137 Å². The first-order valence-corrected chi connectivity index (χ1v) is 9.46. The number of Topliss-reactive ketones (excluding diaryl/α,β-unsaturated/α-hetero) is 1. The van der Waals surface area contributed by atoms with E-state index < -0.39 is 49.3 Å². The Bertz CT molecular complexity index is 746. The SMILES string of the molecule is Cc1cc2c(c(C)c1CCO)C(=O)[C@H](C)[C@@H]2O[C@@H]1O[C@H](CO)[C@@H](O)[C@H](O)[C@H]1O. The van der Waals surface area contributed by atoms with E-state index >= 15 is 0 Å². The molecule has 7 atom stereocenters. The molecule has 5 N–H and O–H groups in total. The number of aliphatic hydroxyl groups is 5. The maximum atomic E-state index is 12.9. The van der Waals surface area contributed by atoms with Gasteiger partial charge < -0.3 is 35.0 Å². The average Bonchev–Trinajstić information content (AvgIpc) is 2.89. The number of rotatable bonds is 5. The van der Waals surface area contributed by atoms with E-state index in [1.165, 1.54) is 0 Å². The smallest absolute Gasteiger partial charge is 0.187 e. The number of benzene rings is 1. The second-order valence-corrected chi connectivity index (χ2v) is 7.64. The maximum absolute atomic E-state index is 12.9. The molecule has 0 unspecified atom stereocenters. The molecule has 1 aromatic rings. The Morgan fingerprint density at radius 1 is 1.11 bits per heavy atom. The predicted molar refractivity (Wildman–Crippen MR) is 97.8 cm³/mol. The third kappa shape index (κ3) is 3.39. The highest BCUT2D eigenvalue weighted by Gasteiger charge is 2.48. The van der Waals surface area contributed by atoms with E-state index in [1.54, 1.807) is 6.92 Å². The quantitative estimate of drug-likeness (QED) is 0.451. The van der Waals surface area contributed by atoms with E-state index in [4.69, 9.17) is 9.47 Å². The summed E-state index contributed by atoms with van der Waals surface area (Å²) in [5.74, 6) is -0.633. The van der Waals surface area contributed by atoms with Crippen LogP contribution in [-0.4, -0.2) is 75.2 Å². The Labute approximate surface area is 163 Å². The van der Waals surface area contributed by atoms with Gasteiger partial charge in [0.15, 0.2) is 12.1 Å². The fourth-order valence-electron chi connectivity index (χ4n) is 4.25. The zero-order valence-corrected chi connectivity index (χ0v) is 16.2. The summed E-state index contributed by atoms with van der Waals surface area (Å²) in [7, 11) is 0. The molecule has 2 aliphatic rings. The van der Waals surface area contributed by atoms with Crippen molar-refractivity contribution >= 4 is 5.78 Å². The molecule has 156 valence electrons. The van der Waals surface area contributed by atoms with Crippen LogP contribution in [0.2, 0.25) is 0 Å². The third-order valence-electron chi connectivity index (χ3n) is 5.88. The van der Waals surface area contributed by atoms with Gasteiger partial charge in [-0.15, -0.1) is 0 Å². The van der Waals surface area contributed by atoms with Crippen molar-refractivity contribution < 1.29 is 39.8 Å². The molecule has 0 bridgehead atoms. The molecule has 28 heavy (non-hydrogen) atoms. The van der Waals surface area contributed by atoms with E-state index in [0.29, 0.717) is 17.5 Å². The number of carbonyl (C=O) groups excluding carboxylic acids is 1. The zero-order chi connectivity index (χ0) is 20.7. The number of carbonyl (C=O) groups is 1. The van der Waals surface area contributed by atoms with Crippen LogP contribution < -0.4 is 0 Å². The molecule has 1 saturated heterocycles. The largest absolute Gasteiger partial charge is 0.396 e. The van der Waals surface area contributed by atoms with Crippen molar-refractivity contribution in [3.63, 3.8) is 0 Å². The molecule has 1 aromatic carbocycles. The molecular weight excluding hydrogens is 368 g/mol. The van der Waals surface area contributed by atoms with E-state index in [1.807, 2.05) is 19.9 Å². The van der Waals surface area contributed by atoms with Crippen LogP contribution in [0.5, 0.6) is 0 Å². The Morgan fingerprint density at radius 3 is 2.39 bits per heavy atom. The summed E-state index contributed by atoms with van der Waals surface area (Å²) >= 11 is 0. The van der Waals surface area contributed by atoms with Gasteiger partial charge in [0.05, 0.1) is 18.6 Å². The summed E-state index contributed by atoms with van der Waals surface area (Å²) < 4.78 is 11.3. The molecule has 3 rings (SSSR count). The normalized spacial score (nSPS) is 35.3. The van der Waals surface area contributed by atoms with Crippen molar-refractivity contribution in [1.82, 2.24) is 0 Å². The molecule has 0 saturated carbocycles. The van der Waals surface area contributed by atoms with Crippen LogP contribution >= 0.6 is 0 Å². The lowest BCUT2D eigenvalue weighted by molar-refractivity contribution is -0.314. The summed E-state index contributed by atoms with van der Waals surface area (Å²) in [5, 5.41) is 48.8. The van der Waals surface area contributed by atoms with Gasteiger partial charge in [0.1, 0.15) is 24.4 Å². The second-order valence-electron chi connectivity index (χ2n) is 7.64. The lowest BCUT2D eigenvalue weighted by Crippen LogP contribution is -2.59. The fourth-order valence-corrected chi connectivity index (χ4v) is 4.25. The van der Waals surface area contributed by atoms with Crippen LogP contribution in [0.1, 0.15) is 45.6 Å². The van der Waals surface area contributed by atoms with Crippen molar-refractivity contribution in [2.75, 3.05) is 13.2 Å². The van der Waals surface area contributed by atoms with Crippen LogP contribution in [-0.2, 0) is 15.9 Å². The summed E-state index contributed by atoms with van der Waals surface area (Å²) in [6.45, 7) is 4.89. The van der Waals surface area contributed by atoms with Crippen LogP contribution in [0.3, 0.4) is 0 Å². The Balaban J connectivity index is 1.94. The monoisotopic (exact) mass is 396 g/mol. The second kappa shape index (κ2) is 8.16. The number of ether oxygens (including phenoxy) is 2. The van der Waals surface area contributed by atoms with E-state index in [2.05, 4.69) is 0 Å². The molecule has 1 heterocycles. The number of hydrogen-bond acceptors (Lipinski definition) is 8. The maximum Gasteiger partial charge on any atom is 0.187 e. The van der Waals surface area contributed by atoms with Crippen molar-refractivity contribution in [2.24, 2.45) is 5.92 Å². The molecular formula is C20H28O8. The van der Waals surface area contributed by atoms with Crippen LogP contribution in [0.15, 0.2) is 6.07 Å². The highest BCUT2D eigenvalue weighted by molar-refractivity contribution is 6.04. The first kappa shape index (κ1) is 21.3. The van der Waals surface area contributed by atoms with Gasteiger partial charge in [0.25, 0.3) is 0 Å². The summed E-state index contributed by atoms with van der Waals surface area (Å²) in [4.78, 5) is 12.9. The van der Waals surface area contributed by atoms with E-state index in [-0.39, 0.29) is 12.4 Å². The van der Waals surface area contributed by atoms with Crippen LogP contribution in [0.4, 0.5) is 0 Å². The average molecular weight is 396 g/mol. The minimum Gasteiger partial charge on any atom is -0.396 e. The van der Waals surface area contributed by atoms with Crippen molar-refractivity contribution in [1.29, 1.82) is 0 Å². The Kier molecular flexibility index (Phi) is 6.21. The molecule has 8 nitrogen and oxygen atoms in total. The molecule has 8 heteroatoms. The van der Waals surface area contributed by atoms with E-state index in [9.17, 15) is 30.3 Å². The minimum absolute atomic E-state index is 0.0188. The van der Waals surface area contributed by atoms with Gasteiger partial charge in [0, 0.05) is 12.2 Å². The zero-order valence-electron chi connectivity index (χ0n) is 16.2. The molecule has 1 fully saturated rings. The number of fused-ring (bicyclic) bond motifs is 1. The highest BCUT2D eigenvalue weighted by atomic mass is 16.7. The number of ketones is 1. The molecule has 0 amide bonds. The first-order chi connectivity index (χ1) is 13.2. The summed E-state index contributed by atoms with van der Waals surface area (Å²) in [5.41, 5.74) is 3.88. The molecule has 0 aromatic heterocycles. The van der Waals surface area contributed by atoms with Crippen molar-refractivity contribution in [3.05, 3.63) is 33.9 Å². The van der Waals surface area contributed by atoms with Gasteiger partial charge in [-0.1, -0.05) is 13.0 Å². The minimum atomic E-state index is -1.54. The molecule has 1 aliphatic heterocycles. The summed E-state index contributed by atoms with van der Waals surface area (Å²) in [6, 6.07) is 1.85. The first-order valence-electron chi connectivity index (χ1n) is 9.46. The molecule has 1 aliphatic carbocycles. The van der Waals surface area contributed by atoms with Gasteiger partial charge in [-0.25, -0.2) is 0 Å². The number of hydrogen-bond donors (Lipinski definition) is 5. The van der Waals surface area contributed by atoms with Gasteiger partial charge >= 0.3 is 0 Å². The van der Waals surface area contributed by atoms with Gasteiger partial charge in [0.2, 0.25) is 0 Å². The molecule has 0 spiro atoms. The molecule has 0 radical (unpaired) electrons. The van der Waals surface area contributed by atoms with Gasteiger partial charge in [-0.3, -0.25) is 4.79 Å². The van der Waals surface area contributed by atoms with Crippen molar-refractivity contribution in [3.8, 4) is 0 Å². The predicted octanol–water partition coefficient (Wildman–Crippen LogP) is -0.472. The lowest BCUT2D eigenvalue weighted by Gasteiger charge is -2.41. The van der Waals surface area contributed by atoms with Crippen LogP contribution in [0.25, 0.3) is 0 Å². The highest BCUT2D eigenvalue weighted by Crippen LogP contribution is 2.43. The van der Waals surface area contributed by atoms with Crippen LogP contribution in [0, 0.1) is 19.8 Å². The number of aliphatic hydroxyl groups excluding tert-OH is 5. The Hall–Kier alpha value is -1.39. The standard InChI is InChI=1S/C20H28O8/c1-8-6-12-14(9(2)11(8)4-5-21)15(23)10(3)19(12)28-20-18(26)17(25)16(24)13(7-22)27-20/h6,10,13,16-22,24-26H,4-5,7H2,1-3H3/t10-,13+,16+,17-,18+,19-,20-/m0/s1. The van der Waals surface area contributed by atoms with E-state index in [0.717, 1.165) is 16.7 Å². The van der Waals surface area contributed by atoms with Gasteiger partial charge in [-0.05, 0) is 42.5 Å². The van der Waals surface area contributed by atoms with Crippen molar-refractivity contribution in [2.45, 2.75) is 64.0 Å².